The fraction of sp³-hybridized carbons (Fsp3) is 0.500. The number of nitrogen functional groups attached to an aromatic ring is 1. The van der Waals surface area contributed by atoms with Crippen molar-refractivity contribution in [2.75, 3.05) is 5.73 Å². The third-order valence-electron chi connectivity index (χ3n) is 3.50. The molecule has 3 N–H and O–H groups in total. The number of halogens is 1. The van der Waals surface area contributed by atoms with Crippen molar-refractivity contribution in [1.29, 1.82) is 0 Å². The first-order valence-electron chi connectivity index (χ1n) is 5.98. The van der Waals surface area contributed by atoms with E-state index in [1.807, 2.05) is 6.92 Å². The fourth-order valence-electron chi connectivity index (χ4n) is 2.10. The first-order valence-corrected chi connectivity index (χ1v) is 7.46. The van der Waals surface area contributed by atoms with Crippen LogP contribution in [0.3, 0.4) is 0 Å². The maximum Gasteiger partial charge on any atom is 0.242 e. The number of nitrogens with one attached hydrogen (secondary N) is 1. The van der Waals surface area contributed by atoms with Gasteiger partial charge in [-0.2, -0.15) is 0 Å². The molecule has 1 unspecified atom stereocenters. The molecule has 1 fully saturated rings. The summed E-state index contributed by atoms with van der Waals surface area (Å²) in [6, 6.07) is 3.65. The molecule has 100 valence electrons. The second-order valence-corrected chi connectivity index (χ2v) is 6.43. The number of hydrogen-bond acceptors (Lipinski definition) is 3. The Balaban J connectivity index is 2.22. The smallest absolute Gasteiger partial charge is 0.242 e. The van der Waals surface area contributed by atoms with E-state index in [2.05, 4.69) is 4.72 Å². The molecule has 6 heteroatoms. The van der Waals surface area contributed by atoms with E-state index in [1.54, 1.807) is 0 Å². The van der Waals surface area contributed by atoms with Crippen molar-refractivity contribution in [3.05, 3.63) is 24.0 Å². The second-order valence-electron chi connectivity index (χ2n) is 4.75. The van der Waals surface area contributed by atoms with Gasteiger partial charge in [-0.1, -0.05) is 12.5 Å². The zero-order valence-corrected chi connectivity index (χ0v) is 11.0. The molecule has 0 aliphatic heterocycles. The van der Waals surface area contributed by atoms with Crippen molar-refractivity contribution in [3.8, 4) is 0 Å². The average Bonchev–Trinajstić information content (AvgIpc) is 2.18. The van der Waals surface area contributed by atoms with Crippen LogP contribution in [0.5, 0.6) is 0 Å². The quantitative estimate of drug-likeness (QED) is 0.822. The van der Waals surface area contributed by atoms with Crippen LogP contribution in [0.15, 0.2) is 23.1 Å². The normalized spacial score (nSPS) is 18.3. The van der Waals surface area contributed by atoms with Gasteiger partial charge in [0, 0.05) is 6.04 Å². The van der Waals surface area contributed by atoms with E-state index in [4.69, 9.17) is 5.73 Å². The summed E-state index contributed by atoms with van der Waals surface area (Å²) < 4.78 is 40.0. The molecule has 0 radical (unpaired) electrons. The summed E-state index contributed by atoms with van der Waals surface area (Å²) in [5, 5.41) is 0. The highest BCUT2D eigenvalue weighted by molar-refractivity contribution is 7.89. The van der Waals surface area contributed by atoms with Gasteiger partial charge >= 0.3 is 0 Å². The Bertz CT molecular complexity index is 541. The molecule has 1 aliphatic carbocycles. The Labute approximate surface area is 106 Å². The highest BCUT2D eigenvalue weighted by Gasteiger charge is 2.29. The van der Waals surface area contributed by atoms with Crippen LogP contribution >= 0.6 is 0 Å². The van der Waals surface area contributed by atoms with Gasteiger partial charge in [0.05, 0.1) is 5.69 Å². The fourth-order valence-corrected chi connectivity index (χ4v) is 3.55. The van der Waals surface area contributed by atoms with E-state index in [-0.39, 0.29) is 16.6 Å². The maximum atomic E-state index is 13.3. The average molecular weight is 272 g/mol. The minimum atomic E-state index is -3.75. The van der Waals surface area contributed by atoms with Crippen LogP contribution in [0.2, 0.25) is 0 Å². The van der Waals surface area contributed by atoms with Crippen LogP contribution in [0, 0.1) is 11.7 Å². The van der Waals surface area contributed by atoms with Gasteiger partial charge in [0.25, 0.3) is 0 Å². The number of hydrogen-bond donors (Lipinski definition) is 2. The first kappa shape index (κ1) is 13.3. The van der Waals surface area contributed by atoms with Gasteiger partial charge in [0.1, 0.15) is 10.7 Å². The zero-order valence-electron chi connectivity index (χ0n) is 10.2. The van der Waals surface area contributed by atoms with Crippen molar-refractivity contribution < 1.29 is 12.8 Å². The molecule has 1 aliphatic rings. The molecule has 0 aromatic heterocycles. The standard InChI is InChI=1S/C12H17FN2O2S/c1-8(9-4-2-5-9)15-18(16,17)11-7-3-6-10(13)12(11)14/h3,6-9,15H,2,4-5,14H2,1H3. The van der Waals surface area contributed by atoms with Gasteiger partial charge in [0.2, 0.25) is 10.0 Å². The zero-order chi connectivity index (χ0) is 13.3. The Morgan fingerprint density at radius 2 is 2.11 bits per heavy atom. The van der Waals surface area contributed by atoms with Crippen molar-refractivity contribution in [2.24, 2.45) is 5.92 Å². The molecule has 0 spiro atoms. The predicted molar refractivity (Wildman–Crippen MR) is 67.9 cm³/mol. The van der Waals surface area contributed by atoms with Gasteiger partial charge in [-0.25, -0.2) is 17.5 Å². The highest BCUT2D eigenvalue weighted by atomic mass is 32.2. The van der Waals surface area contributed by atoms with Crippen LogP contribution < -0.4 is 10.5 Å². The van der Waals surface area contributed by atoms with Gasteiger partial charge in [-0.15, -0.1) is 0 Å². The molecule has 0 saturated heterocycles. The van der Waals surface area contributed by atoms with Crippen molar-refractivity contribution in [2.45, 2.75) is 37.1 Å². The Hall–Kier alpha value is -1.14. The molecule has 0 heterocycles. The van der Waals surface area contributed by atoms with Gasteiger partial charge in [-0.3, -0.25) is 0 Å². The lowest BCUT2D eigenvalue weighted by molar-refractivity contribution is 0.260. The number of rotatable bonds is 4. The third-order valence-corrected chi connectivity index (χ3v) is 5.12. The van der Waals surface area contributed by atoms with Crippen LogP contribution in [-0.2, 0) is 10.0 Å². The van der Waals surface area contributed by atoms with E-state index >= 15 is 0 Å². The lowest BCUT2D eigenvalue weighted by atomic mass is 9.81. The Kier molecular flexibility index (Phi) is 3.59. The van der Waals surface area contributed by atoms with E-state index in [9.17, 15) is 12.8 Å². The van der Waals surface area contributed by atoms with E-state index < -0.39 is 15.8 Å². The summed E-state index contributed by atoms with van der Waals surface area (Å²) in [7, 11) is -3.75. The molecule has 4 nitrogen and oxygen atoms in total. The molecule has 1 aromatic rings. The molecule has 18 heavy (non-hydrogen) atoms. The van der Waals surface area contributed by atoms with Gasteiger partial charge in [-0.05, 0) is 37.8 Å². The van der Waals surface area contributed by atoms with Crippen LogP contribution in [0.1, 0.15) is 26.2 Å². The first-order chi connectivity index (χ1) is 8.42. The number of anilines is 1. The second kappa shape index (κ2) is 4.85. The Morgan fingerprint density at radius 3 is 2.67 bits per heavy atom. The molecule has 1 saturated carbocycles. The van der Waals surface area contributed by atoms with Crippen LogP contribution in [0.4, 0.5) is 10.1 Å². The largest absolute Gasteiger partial charge is 0.395 e. The minimum Gasteiger partial charge on any atom is -0.395 e. The molecule has 2 rings (SSSR count). The van der Waals surface area contributed by atoms with E-state index in [0.717, 1.165) is 25.3 Å². The minimum absolute atomic E-state index is 0.147. The lowest BCUT2D eigenvalue weighted by Gasteiger charge is -2.31. The molecule has 1 atom stereocenters. The topological polar surface area (TPSA) is 72.2 Å². The summed E-state index contributed by atoms with van der Waals surface area (Å²) in [5.41, 5.74) is 5.14. The SMILES string of the molecule is CC(NS(=O)(=O)c1cccc(F)c1N)C1CCC1. The number of sulfonamides is 1. The summed E-state index contributed by atoms with van der Waals surface area (Å²) >= 11 is 0. The number of nitrogens with two attached hydrogens (primary N) is 1. The monoisotopic (exact) mass is 272 g/mol. The van der Waals surface area contributed by atoms with Gasteiger partial charge in [0.15, 0.2) is 0 Å². The summed E-state index contributed by atoms with van der Waals surface area (Å²) in [5.74, 6) is -0.344. The summed E-state index contributed by atoms with van der Waals surface area (Å²) in [4.78, 5) is -0.186. The van der Waals surface area contributed by atoms with Crippen molar-refractivity contribution >= 4 is 15.7 Å². The van der Waals surface area contributed by atoms with E-state index in [0.29, 0.717) is 5.92 Å². The predicted octanol–water partition coefficient (Wildman–Crippen LogP) is 1.87. The third kappa shape index (κ3) is 2.49. The molecule has 0 bridgehead atoms. The summed E-state index contributed by atoms with van der Waals surface area (Å²) in [6.45, 7) is 1.83. The maximum absolute atomic E-state index is 13.3. The Morgan fingerprint density at radius 1 is 1.44 bits per heavy atom. The van der Waals surface area contributed by atoms with Gasteiger partial charge < -0.3 is 5.73 Å². The highest BCUT2D eigenvalue weighted by Crippen LogP contribution is 2.30. The van der Waals surface area contributed by atoms with E-state index in [1.165, 1.54) is 12.1 Å². The van der Waals surface area contributed by atoms with Crippen LogP contribution in [-0.4, -0.2) is 14.5 Å². The number of para-hydroxylation sites is 1. The molecule has 1 aromatic carbocycles. The molecular formula is C12H17FN2O2S. The van der Waals surface area contributed by atoms with Crippen molar-refractivity contribution in [3.63, 3.8) is 0 Å². The molecular weight excluding hydrogens is 255 g/mol. The lowest BCUT2D eigenvalue weighted by Crippen LogP contribution is -2.40. The number of benzene rings is 1. The molecule has 0 amide bonds. The van der Waals surface area contributed by atoms with Crippen molar-refractivity contribution in [1.82, 2.24) is 4.72 Å². The van der Waals surface area contributed by atoms with Crippen LogP contribution in [0.25, 0.3) is 0 Å². The summed E-state index contributed by atoms with van der Waals surface area (Å²) in [6.07, 6.45) is 3.20.